The molecular weight excluding hydrogens is 526 g/mol. The van der Waals surface area contributed by atoms with Gasteiger partial charge in [-0.3, -0.25) is 14.4 Å². The molecule has 0 aliphatic carbocycles. The van der Waals surface area contributed by atoms with Crippen LogP contribution in [0.25, 0.3) is 10.4 Å². The summed E-state index contributed by atoms with van der Waals surface area (Å²) in [7, 11) is 0. The third-order valence-corrected chi connectivity index (χ3v) is 7.88. The number of ketones is 2. The van der Waals surface area contributed by atoms with E-state index >= 15 is 0 Å². The summed E-state index contributed by atoms with van der Waals surface area (Å²) in [4.78, 5) is 43.0. The molecule has 0 unspecified atom stereocenters. The van der Waals surface area contributed by atoms with Crippen molar-refractivity contribution in [3.05, 3.63) is 46.3 Å². The van der Waals surface area contributed by atoms with Crippen molar-refractivity contribution in [2.45, 2.75) is 103 Å². The molecular formula is C30H50N5O4S+. The van der Waals surface area contributed by atoms with E-state index in [4.69, 9.17) is 10.3 Å². The Labute approximate surface area is 244 Å². The van der Waals surface area contributed by atoms with Gasteiger partial charge in [-0.1, -0.05) is 56.2 Å². The number of carbonyl (C=O) groups is 3. The lowest BCUT2D eigenvalue weighted by Gasteiger charge is -2.36. The first-order valence-electron chi connectivity index (χ1n) is 14.0. The number of amides is 1. The van der Waals surface area contributed by atoms with Gasteiger partial charge >= 0.3 is 0 Å². The van der Waals surface area contributed by atoms with Crippen LogP contribution in [0.15, 0.2) is 35.4 Å². The Hall–Kier alpha value is -2.39. The number of quaternary nitrogens is 1. The van der Waals surface area contributed by atoms with Gasteiger partial charge in [0.1, 0.15) is 5.78 Å². The average molecular weight is 577 g/mol. The number of carbonyl (C=O) groups excluding carboxylic acids is 3. The normalized spacial score (nSPS) is 14.5. The highest BCUT2D eigenvalue weighted by molar-refractivity contribution is 8.00. The van der Waals surface area contributed by atoms with Gasteiger partial charge in [-0.25, -0.2) is 0 Å². The number of nitrogens with zero attached hydrogens (tertiary/aromatic N) is 3. The van der Waals surface area contributed by atoms with E-state index in [-0.39, 0.29) is 48.2 Å². The molecule has 0 saturated heterocycles. The maximum atomic E-state index is 13.7. The molecule has 224 valence electrons. The zero-order valence-corrected chi connectivity index (χ0v) is 26.5. The number of azide groups is 1. The lowest BCUT2D eigenvalue weighted by molar-refractivity contribution is -0.396. The summed E-state index contributed by atoms with van der Waals surface area (Å²) in [5.41, 5.74) is 12.2. The number of thioether (sulfide) groups is 1. The molecule has 0 bridgehead atoms. The SMILES string of the molecule is CC(C)(C)OC[C@H](CC(=O)[C@@H]([NH3+])CSC(C)(C)C)C(=O)NC(C)(C)[C@@H](Cc1ccccc1)C(=O)CCCN=[N+]=[N-]. The first kappa shape index (κ1) is 35.6. The maximum absolute atomic E-state index is 13.7. The van der Waals surface area contributed by atoms with Gasteiger partial charge in [0.2, 0.25) is 5.91 Å². The van der Waals surface area contributed by atoms with E-state index in [1.165, 1.54) is 0 Å². The molecule has 0 spiro atoms. The first-order valence-corrected chi connectivity index (χ1v) is 15.0. The van der Waals surface area contributed by atoms with Crippen LogP contribution in [0, 0.1) is 11.8 Å². The van der Waals surface area contributed by atoms with Crippen molar-refractivity contribution in [2.24, 2.45) is 17.0 Å². The Morgan fingerprint density at radius 1 is 1.05 bits per heavy atom. The van der Waals surface area contributed by atoms with Crippen molar-refractivity contribution < 1.29 is 24.9 Å². The quantitative estimate of drug-likeness (QED) is 0.117. The van der Waals surface area contributed by atoms with Gasteiger partial charge in [-0.2, -0.15) is 0 Å². The molecule has 1 amide bonds. The van der Waals surface area contributed by atoms with Crippen molar-refractivity contribution >= 4 is 29.2 Å². The van der Waals surface area contributed by atoms with E-state index in [1.54, 1.807) is 11.8 Å². The average Bonchev–Trinajstić information content (AvgIpc) is 2.85. The molecule has 9 nitrogen and oxygen atoms in total. The standard InChI is InChI=1S/C30H49N5O4S/c1-28(2,3)39-19-22(18-26(37)24(31)20-40-29(4,5)6)27(38)34-30(7,8)23(17-21-13-10-9-11-14-21)25(36)15-12-16-33-35-32/h9-11,13-14,22-24H,12,15-20,31H2,1-8H3,(H,34,38)/p+1/t22-,23-,24-/m0/s1. The molecule has 40 heavy (non-hydrogen) atoms. The predicted octanol–water partition coefficient (Wildman–Crippen LogP) is 4.93. The molecule has 1 aromatic carbocycles. The smallest absolute Gasteiger partial charge is 0.226 e. The number of ether oxygens (including phenoxy) is 1. The lowest BCUT2D eigenvalue weighted by atomic mass is 9.78. The number of benzene rings is 1. The van der Waals surface area contributed by atoms with E-state index in [0.717, 1.165) is 5.56 Å². The Morgan fingerprint density at radius 2 is 1.68 bits per heavy atom. The Bertz CT molecular complexity index is 1010. The van der Waals surface area contributed by atoms with Crippen LogP contribution in [-0.2, 0) is 25.5 Å². The van der Waals surface area contributed by atoms with E-state index in [2.05, 4.69) is 41.8 Å². The molecule has 0 radical (unpaired) electrons. The van der Waals surface area contributed by atoms with E-state index in [1.807, 2.05) is 65.0 Å². The molecule has 0 aliphatic heterocycles. The largest absolute Gasteiger partial charge is 0.375 e. The number of hydrogen-bond donors (Lipinski definition) is 2. The Morgan fingerprint density at radius 3 is 2.23 bits per heavy atom. The topological polar surface area (TPSA) is 149 Å². The molecule has 1 rings (SSSR count). The van der Waals surface area contributed by atoms with Gasteiger partial charge < -0.3 is 15.8 Å². The summed E-state index contributed by atoms with van der Waals surface area (Å²) < 4.78 is 5.96. The molecule has 4 N–H and O–H groups in total. The van der Waals surface area contributed by atoms with Crippen LogP contribution in [0.5, 0.6) is 0 Å². The maximum Gasteiger partial charge on any atom is 0.226 e. The molecule has 0 aliphatic rings. The summed E-state index contributed by atoms with van der Waals surface area (Å²) >= 11 is 1.67. The molecule has 1 aromatic rings. The van der Waals surface area contributed by atoms with E-state index in [0.29, 0.717) is 18.6 Å². The highest BCUT2D eigenvalue weighted by Crippen LogP contribution is 2.27. The summed E-state index contributed by atoms with van der Waals surface area (Å²) in [5, 5.41) is 6.63. The van der Waals surface area contributed by atoms with E-state index in [9.17, 15) is 14.4 Å². The van der Waals surface area contributed by atoms with Gasteiger partial charge in [0.15, 0.2) is 11.8 Å². The number of hydrogen-bond acceptors (Lipinski definition) is 6. The van der Waals surface area contributed by atoms with Crippen LogP contribution in [0.1, 0.15) is 80.2 Å². The third kappa shape index (κ3) is 14.3. The fourth-order valence-electron chi connectivity index (χ4n) is 4.10. The Balaban J connectivity index is 3.14. The molecule has 0 aromatic heterocycles. The van der Waals surface area contributed by atoms with Gasteiger partial charge in [0, 0.05) is 40.5 Å². The summed E-state index contributed by atoms with van der Waals surface area (Å²) in [6.07, 6.45) is 1.13. The minimum atomic E-state index is -0.905. The summed E-state index contributed by atoms with van der Waals surface area (Å²) in [6, 6.07) is 9.23. The van der Waals surface area contributed by atoms with Crippen molar-refractivity contribution in [3.8, 4) is 0 Å². The molecule has 0 heterocycles. The van der Waals surface area contributed by atoms with Gasteiger partial charge in [0.05, 0.1) is 23.9 Å². The fraction of sp³-hybridized carbons (Fsp3) is 0.700. The molecule has 0 fully saturated rings. The second-order valence-electron chi connectivity index (χ2n) is 12.9. The monoisotopic (exact) mass is 576 g/mol. The number of Topliss-reactive ketones (excluding diaryl/α,β-unsaturated/α-hetero) is 2. The zero-order valence-electron chi connectivity index (χ0n) is 25.7. The number of nitrogens with one attached hydrogen (secondary N) is 1. The predicted molar refractivity (Wildman–Crippen MR) is 162 cm³/mol. The second-order valence-corrected chi connectivity index (χ2v) is 14.7. The van der Waals surface area contributed by atoms with Crippen LogP contribution in [-0.4, -0.2) is 58.3 Å². The molecule has 0 saturated carbocycles. The molecule has 3 atom stereocenters. The van der Waals surface area contributed by atoms with Crippen molar-refractivity contribution in [1.29, 1.82) is 0 Å². The van der Waals surface area contributed by atoms with Crippen molar-refractivity contribution in [3.63, 3.8) is 0 Å². The minimum absolute atomic E-state index is 0.00757. The lowest BCUT2D eigenvalue weighted by Crippen LogP contribution is -2.67. The van der Waals surface area contributed by atoms with Crippen molar-refractivity contribution in [1.82, 2.24) is 5.32 Å². The van der Waals surface area contributed by atoms with Gasteiger partial charge in [-0.05, 0) is 58.6 Å². The van der Waals surface area contributed by atoms with Crippen LogP contribution < -0.4 is 11.1 Å². The highest BCUT2D eigenvalue weighted by Gasteiger charge is 2.38. The van der Waals surface area contributed by atoms with Crippen LogP contribution >= 0.6 is 11.8 Å². The van der Waals surface area contributed by atoms with Crippen molar-refractivity contribution in [2.75, 3.05) is 18.9 Å². The minimum Gasteiger partial charge on any atom is -0.375 e. The zero-order chi connectivity index (χ0) is 30.6. The first-order chi connectivity index (χ1) is 18.4. The van der Waals surface area contributed by atoms with Gasteiger partial charge in [-0.15, -0.1) is 11.8 Å². The third-order valence-electron chi connectivity index (χ3n) is 6.44. The van der Waals surface area contributed by atoms with Crippen LogP contribution in [0.2, 0.25) is 0 Å². The number of rotatable bonds is 17. The Kier molecular flexibility index (Phi) is 14.4. The van der Waals surface area contributed by atoms with E-state index < -0.39 is 29.0 Å². The van der Waals surface area contributed by atoms with Crippen LogP contribution in [0.4, 0.5) is 0 Å². The summed E-state index contributed by atoms with van der Waals surface area (Å²) in [5.74, 6) is -1.08. The highest BCUT2D eigenvalue weighted by atomic mass is 32.2. The molecule has 10 heteroatoms. The van der Waals surface area contributed by atoms with Crippen LogP contribution in [0.3, 0.4) is 0 Å². The summed E-state index contributed by atoms with van der Waals surface area (Å²) in [6.45, 7) is 16.0. The fourth-order valence-corrected chi connectivity index (χ4v) is 4.99. The second kappa shape index (κ2) is 16.2. The van der Waals surface area contributed by atoms with Gasteiger partial charge in [0.25, 0.3) is 0 Å².